The van der Waals surface area contributed by atoms with Crippen molar-refractivity contribution in [3.63, 3.8) is 0 Å². The maximum Gasteiger partial charge on any atom is 0.310 e. The highest BCUT2D eigenvalue weighted by molar-refractivity contribution is 5.75. The fraction of sp³-hybridized carbons (Fsp3) is 0.650. The molecule has 0 bridgehead atoms. The van der Waals surface area contributed by atoms with Crippen molar-refractivity contribution >= 4 is 5.97 Å². The van der Waals surface area contributed by atoms with Crippen LogP contribution in [0.15, 0.2) is 35.0 Å². The number of carbonyl (C=O) groups excluding carboxylic acids is 1. The third-order valence-electron chi connectivity index (χ3n) is 6.56. The van der Waals surface area contributed by atoms with E-state index in [0.717, 1.165) is 25.0 Å². The number of hydrogen-bond donors (Lipinski definition) is 1. The van der Waals surface area contributed by atoms with E-state index in [-0.39, 0.29) is 23.4 Å². The van der Waals surface area contributed by atoms with E-state index in [2.05, 4.69) is 18.8 Å². The Kier molecular flexibility index (Phi) is 4.03. The first-order valence-electron chi connectivity index (χ1n) is 9.18. The molecule has 1 saturated heterocycles. The zero-order valence-corrected chi connectivity index (χ0v) is 14.4. The van der Waals surface area contributed by atoms with Crippen LogP contribution in [0.3, 0.4) is 0 Å². The molecule has 5 unspecified atom stereocenters. The van der Waals surface area contributed by atoms with Crippen molar-refractivity contribution in [2.45, 2.75) is 51.7 Å². The van der Waals surface area contributed by atoms with E-state index in [1.54, 1.807) is 6.26 Å². The molecule has 2 heterocycles. The van der Waals surface area contributed by atoms with Crippen LogP contribution in [0.1, 0.15) is 44.8 Å². The highest BCUT2D eigenvalue weighted by atomic mass is 16.6. The van der Waals surface area contributed by atoms with Gasteiger partial charge in [-0.3, -0.25) is 4.79 Å². The highest BCUT2D eigenvalue weighted by Crippen LogP contribution is 2.56. The number of nitrogens with one attached hydrogen (secondary N) is 1. The van der Waals surface area contributed by atoms with Gasteiger partial charge >= 0.3 is 5.97 Å². The minimum atomic E-state index is -0.0377. The van der Waals surface area contributed by atoms with Crippen molar-refractivity contribution in [1.29, 1.82) is 0 Å². The second kappa shape index (κ2) is 6.07. The van der Waals surface area contributed by atoms with E-state index >= 15 is 0 Å². The Hall–Kier alpha value is -1.55. The van der Waals surface area contributed by atoms with Gasteiger partial charge in [0.05, 0.1) is 18.7 Å². The monoisotopic (exact) mass is 329 g/mol. The molecule has 0 radical (unpaired) electrons. The van der Waals surface area contributed by atoms with Crippen LogP contribution < -0.4 is 5.32 Å². The van der Waals surface area contributed by atoms with Gasteiger partial charge in [0.1, 0.15) is 11.9 Å². The SMILES string of the molecule is C=C1CCCC2(C)CC3OC(=O)C(CNCc4ccco4)C3CC12. The third-order valence-corrected chi connectivity index (χ3v) is 6.56. The molecule has 2 aliphatic carbocycles. The van der Waals surface area contributed by atoms with Crippen LogP contribution in [0.4, 0.5) is 0 Å². The fourth-order valence-electron chi connectivity index (χ4n) is 5.25. The standard InChI is InChI=1S/C20H27NO3/c1-13-5-3-7-20(2)10-18-15(9-17(13)20)16(19(22)24-18)12-21-11-14-6-4-8-23-14/h4,6,8,15-18,21H,1,3,5,7,9-12H2,2H3. The molecule has 4 nitrogen and oxygen atoms in total. The Labute approximate surface area is 143 Å². The molecular formula is C20H27NO3. The van der Waals surface area contributed by atoms with Crippen molar-refractivity contribution in [3.8, 4) is 0 Å². The van der Waals surface area contributed by atoms with Gasteiger partial charge in [0, 0.05) is 12.5 Å². The van der Waals surface area contributed by atoms with Crippen molar-refractivity contribution < 1.29 is 13.9 Å². The molecule has 1 aliphatic heterocycles. The van der Waals surface area contributed by atoms with Crippen LogP contribution in [-0.4, -0.2) is 18.6 Å². The minimum Gasteiger partial charge on any atom is -0.468 e. The Bertz CT molecular complexity index is 623. The van der Waals surface area contributed by atoms with Crippen LogP contribution >= 0.6 is 0 Å². The first-order chi connectivity index (χ1) is 11.6. The topological polar surface area (TPSA) is 51.5 Å². The Morgan fingerprint density at radius 2 is 2.33 bits per heavy atom. The Morgan fingerprint density at radius 1 is 1.46 bits per heavy atom. The quantitative estimate of drug-likeness (QED) is 0.676. The highest BCUT2D eigenvalue weighted by Gasteiger charge is 2.54. The lowest BCUT2D eigenvalue weighted by molar-refractivity contribution is -0.146. The summed E-state index contributed by atoms with van der Waals surface area (Å²) in [6.07, 6.45) is 7.44. The van der Waals surface area contributed by atoms with Crippen LogP contribution in [0.5, 0.6) is 0 Å². The second-order valence-corrected chi connectivity index (χ2v) is 8.11. The summed E-state index contributed by atoms with van der Waals surface area (Å²) >= 11 is 0. The predicted octanol–water partition coefficient (Wildman–Crippen LogP) is 3.68. The van der Waals surface area contributed by atoms with Crippen LogP contribution in [0, 0.1) is 23.2 Å². The van der Waals surface area contributed by atoms with Crippen LogP contribution in [0.25, 0.3) is 0 Å². The molecule has 1 N–H and O–H groups in total. The van der Waals surface area contributed by atoms with Gasteiger partial charge in [0.2, 0.25) is 0 Å². The van der Waals surface area contributed by atoms with Gasteiger partial charge in [-0.1, -0.05) is 19.1 Å². The van der Waals surface area contributed by atoms with Gasteiger partial charge in [-0.05, 0) is 55.6 Å². The summed E-state index contributed by atoms with van der Waals surface area (Å²) in [7, 11) is 0. The predicted molar refractivity (Wildman–Crippen MR) is 91.1 cm³/mol. The molecule has 4 rings (SSSR count). The minimum absolute atomic E-state index is 0.0233. The summed E-state index contributed by atoms with van der Waals surface area (Å²) < 4.78 is 11.1. The molecule has 0 aromatic carbocycles. The number of rotatable bonds is 4. The molecule has 0 spiro atoms. The van der Waals surface area contributed by atoms with Gasteiger partial charge in [0.15, 0.2) is 0 Å². The van der Waals surface area contributed by atoms with E-state index in [9.17, 15) is 4.79 Å². The molecule has 0 amide bonds. The normalized spacial score (nSPS) is 38.5. The number of allylic oxidation sites excluding steroid dienone is 1. The van der Waals surface area contributed by atoms with E-state index in [1.165, 1.54) is 18.4 Å². The summed E-state index contributed by atoms with van der Waals surface area (Å²) in [5, 5.41) is 3.37. The van der Waals surface area contributed by atoms with Crippen LogP contribution in [-0.2, 0) is 16.1 Å². The lowest BCUT2D eigenvalue weighted by Gasteiger charge is -2.50. The molecule has 3 fully saturated rings. The van der Waals surface area contributed by atoms with E-state index < -0.39 is 0 Å². The molecule has 1 aromatic rings. The van der Waals surface area contributed by atoms with Crippen molar-refractivity contribution in [3.05, 3.63) is 36.3 Å². The second-order valence-electron chi connectivity index (χ2n) is 8.11. The molecule has 5 atom stereocenters. The smallest absolute Gasteiger partial charge is 0.310 e. The lowest BCUT2D eigenvalue weighted by Crippen LogP contribution is -2.45. The molecule has 130 valence electrons. The molecule has 1 aromatic heterocycles. The van der Waals surface area contributed by atoms with E-state index in [4.69, 9.17) is 9.15 Å². The molecule has 4 heteroatoms. The third kappa shape index (κ3) is 2.71. The first kappa shape index (κ1) is 15.9. The maximum absolute atomic E-state index is 12.4. The number of hydrogen-bond acceptors (Lipinski definition) is 4. The number of furan rings is 1. The summed E-state index contributed by atoms with van der Waals surface area (Å²) in [5.41, 5.74) is 1.66. The van der Waals surface area contributed by atoms with E-state index in [0.29, 0.717) is 24.9 Å². The average Bonchev–Trinajstić information content (AvgIpc) is 3.14. The van der Waals surface area contributed by atoms with E-state index in [1.807, 2.05) is 12.1 Å². The van der Waals surface area contributed by atoms with Crippen molar-refractivity contribution in [1.82, 2.24) is 5.32 Å². The molecule has 24 heavy (non-hydrogen) atoms. The summed E-state index contributed by atoms with van der Waals surface area (Å²) in [4.78, 5) is 12.4. The Balaban J connectivity index is 1.43. The van der Waals surface area contributed by atoms with Gasteiger partial charge in [-0.2, -0.15) is 0 Å². The van der Waals surface area contributed by atoms with Crippen LogP contribution in [0.2, 0.25) is 0 Å². The first-order valence-corrected chi connectivity index (χ1v) is 9.18. The molecule has 3 aliphatic rings. The Morgan fingerprint density at radius 3 is 3.12 bits per heavy atom. The van der Waals surface area contributed by atoms with Gasteiger partial charge in [0.25, 0.3) is 0 Å². The van der Waals surface area contributed by atoms with Crippen molar-refractivity contribution in [2.24, 2.45) is 23.2 Å². The zero-order valence-electron chi connectivity index (χ0n) is 14.4. The number of ether oxygens (including phenoxy) is 1. The molecular weight excluding hydrogens is 302 g/mol. The fourth-order valence-corrected chi connectivity index (χ4v) is 5.25. The number of fused-ring (bicyclic) bond motifs is 2. The number of esters is 1. The zero-order chi connectivity index (χ0) is 16.7. The van der Waals surface area contributed by atoms with Gasteiger partial charge < -0.3 is 14.5 Å². The number of carbonyl (C=O) groups is 1. The summed E-state index contributed by atoms with van der Waals surface area (Å²) in [6, 6.07) is 3.83. The maximum atomic E-state index is 12.4. The lowest BCUT2D eigenvalue weighted by atomic mass is 9.55. The van der Waals surface area contributed by atoms with Gasteiger partial charge in [-0.25, -0.2) is 0 Å². The molecule has 2 saturated carbocycles. The summed E-state index contributed by atoms with van der Waals surface area (Å²) in [5.74, 6) is 1.72. The largest absolute Gasteiger partial charge is 0.468 e. The van der Waals surface area contributed by atoms with Crippen molar-refractivity contribution in [2.75, 3.05) is 6.54 Å². The summed E-state index contributed by atoms with van der Waals surface area (Å²) in [6.45, 7) is 8.03. The van der Waals surface area contributed by atoms with Gasteiger partial charge in [-0.15, -0.1) is 0 Å². The average molecular weight is 329 g/mol.